The summed E-state index contributed by atoms with van der Waals surface area (Å²) in [6.07, 6.45) is -1.58. The van der Waals surface area contributed by atoms with Crippen LogP contribution in [0.25, 0.3) is 0 Å². The monoisotopic (exact) mass is 243 g/mol. The first kappa shape index (κ1) is 12.0. The maximum absolute atomic E-state index is 11.5. The van der Waals surface area contributed by atoms with Crippen molar-refractivity contribution in [3.05, 3.63) is 33.1 Å². The predicted molar refractivity (Wildman–Crippen MR) is 56.3 cm³/mol. The number of aliphatic hydroxyl groups is 2. The number of rotatable bonds is 2. The minimum absolute atomic E-state index is 0.399. The Morgan fingerprint density at radius 1 is 1.53 bits per heavy atom. The zero-order chi connectivity index (χ0) is 12.6. The van der Waals surface area contributed by atoms with Crippen LogP contribution in [0.5, 0.6) is 0 Å². The summed E-state index contributed by atoms with van der Waals surface area (Å²) in [7, 11) is 0. The summed E-state index contributed by atoms with van der Waals surface area (Å²) >= 11 is 0. The highest BCUT2D eigenvalue weighted by Crippen LogP contribution is 2.26. The number of ether oxygens (including phenoxy) is 1. The molecule has 5 N–H and O–H groups in total. The van der Waals surface area contributed by atoms with Crippen LogP contribution in [0.15, 0.2) is 21.9 Å². The quantitative estimate of drug-likeness (QED) is 0.441. The minimum Gasteiger partial charge on any atom is -0.394 e. The second kappa shape index (κ2) is 4.41. The molecule has 17 heavy (non-hydrogen) atoms. The Labute approximate surface area is 95.3 Å². The Morgan fingerprint density at radius 3 is 2.76 bits per heavy atom. The van der Waals surface area contributed by atoms with Gasteiger partial charge in [-0.2, -0.15) is 0 Å². The van der Waals surface area contributed by atoms with Gasteiger partial charge in [-0.05, 0) is 0 Å². The number of aromatic amines is 1. The summed E-state index contributed by atoms with van der Waals surface area (Å²) in [6.45, 7) is -0.399. The topological polar surface area (TPSA) is 131 Å². The normalized spacial score (nSPS) is 32.9. The van der Waals surface area contributed by atoms with Gasteiger partial charge in [0, 0.05) is 12.3 Å². The predicted octanol–water partition coefficient (Wildman–Crippen LogP) is -2.89. The van der Waals surface area contributed by atoms with E-state index >= 15 is 0 Å². The second-order valence-electron chi connectivity index (χ2n) is 3.83. The summed E-state index contributed by atoms with van der Waals surface area (Å²) in [5, 5.41) is 18.6. The van der Waals surface area contributed by atoms with Gasteiger partial charge in [-0.3, -0.25) is 14.3 Å². The molecule has 2 heterocycles. The van der Waals surface area contributed by atoms with Crippen molar-refractivity contribution in [3.63, 3.8) is 0 Å². The third-order valence-corrected chi connectivity index (χ3v) is 2.72. The molecule has 1 fully saturated rings. The molecule has 94 valence electrons. The van der Waals surface area contributed by atoms with Crippen molar-refractivity contribution in [2.45, 2.75) is 24.5 Å². The summed E-state index contributed by atoms with van der Waals surface area (Å²) < 4.78 is 6.33. The van der Waals surface area contributed by atoms with E-state index in [1.807, 2.05) is 0 Å². The lowest BCUT2D eigenvalue weighted by Gasteiger charge is -2.17. The third-order valence-electron chi connectivity index (χ3n) is 2.72. The van der Waals surface area contributed by atoms with Crippen molar-refractivity contribution < 1.29 is 14.9 Å². The molecule has 1 aromatic heterocycles. The van der Waals surface area contributed by atoms with Gasteiger partial charge in [0.2, 0.25) is 0 Å². The van der Waals surface area contributed by atoms with Crippen molar-refractivity contribution >= 4 is 0 Å². The van der Waals surface area contributed by atoms with E-state index in [0.29, 0.717) is 0 Å². The van der Waals surface area contributed by atoms with E-state index in [1.54, 1.807) is 0 Å². The van der Waals surface area contributed by atoms with E-state index in [4.69, 9.17) is 15.6 Å². The van der Waals surface area contributed by atoms with Crippen molar-refractivity contribution in [3.8, 4) is 0 Å². The van der Waals surface area contributed by atoms with Crippen molar-refractivity contribution in [2.24, 2.45) is 5.73 Å². The second-order valence-corrected chi connectivity index (χ2v) is 3.83. The number of hydrogen-bond acceptors (Lipinski definition) is 6. The number of nitrogens with zero attached hydrogens (tertiary/aromatic N) is 1. The Bertz CT molecular complexity index is 510. The van der Waals surface area contributed by atoms with Crippen molar-refractivity contribution in [1.82, 2.24) is 9.55 Å². The van der Waals surface area contributed by atoms with Gasteiger partial charge in [0.25, 0.3) is 5.56 Å². The van der Waals surface area contributed by atoms with Gasteiger partial charge in [-0.25, -0.2) is 4.79 Å². The molecular weight excluding hydrogens is 230 g/mol. The molecule has 0 saturated carbocycles. The molecule has 2 rings (SSSR count). The van der Waals surface area contributed by atoms with Crippen LogP contribution in [0.2, 0.25) is 0 Å². The number of H-pyrrole nitrogens is 1. The molecule has 4 atom stereocenters. The first-order chi connectivity index (χ1) is 8.04. The minimum atomic E-state index is -1.07. The SMILES string of the molecule is NC1C(O)[C@@H](CO)O[C@H]1n1ccc(=O)[nH]c1=O. The molecule has 8 nitrogen and oxygen atoms in total. The number of nitrogens with one attached hydrogen (secondary N) is 1. The van der Waals surface area contributed by atoms with E-state index in [-0.39, 0.29) is 0 Å². The molecule has 1 aliphatic heterocycles. The zero-order valence-electron chi connectivity index (χ0n) is 8.81. The van der Waals surface area contributed by atoms with Gasteiger partial charge in [-0.15, -0.1) is 0 Å². The highest BCUT2D eigenvalue weighted by molar-refractivity contribution is 4.94. The number of aromatic nitrogens is 2. The van der Waals surface area contributed by atoms with E-state index in [0.717, 1.165) is 10.6 Å². The number of nitrogens with two attached hydrogens (primary N) is 1. The summed E-state index contributed by atoms with van der Waals surface area (Å²) in [5.41, 5.74) is 4.48. The van der Waals surface area contributed by atoms with Gasteiger partial charge in [0.1, 0.15) is 12.2 Å². The average molecular weight is 243 g/mol. The lowest BCUT2D eigenvalue weighted by atomic mass is 10.1. The molecule has 0 aromatic carbocycles. The van der Waals surface area contributed by atoms with Crippen molar-refractivity contribution in [1.29, 1.82) is 0 Å². The maximum Gasteiger partial charge on any atom is 0.330 e. The molecule has 1 saturated heterocycles. The number of aliphatic hydroxyl groups excluding tert-OH is 2. The zero-order valence-corrected chi connectivity index (χ0v) is 8.81. The Balaban J connectivity index is 2.35. The molecule has 0 aliphatic carbocycles. The van der Waals surface area contributed by atoms with Gasteiger partial charge in [0.15, 0.2) is 6.23 Å². The van der Waals surface area contributed by atoms with Crippen LogP contribution in [0.1, 0.15) is 6.23 Å². The number of hydrogen-bond donors (Lipinski definition) is 4. The van der Waals surface area contributed by atoms with E-state index in [1.165, 1.54) is 6.20 Å². The Kier molecular flexibility index (Phi) is 3.11. The van der Waals surface area contributed by atoms with Crippen LogP contribution in [-0.2, 0) is 4.74 Å². The van der Waals surface area contributed by atoms with Crippen LogP contribution >= 0.6 is 0 Å². The molecule has 0 bridgehead atoms. The van der Waals surface area contributed by atoms with Crippen LogP contribution in [0.3, 0.4) is 0 Å². The first-order valence-electron chi connectivity index (χ1n) is 5.06. The molecule has 0 radical (unpaired) electrons. The standard InChI is InChI=1S/C9H13N3O5/c10-6-7(15)4(3-13)17-8(6)12-2-1-5(14)11-9(12)16/h1-2,4,6-8,13,15H,3,10H2,(H,11,14,16)/t4-,6?,7?,8-/m1/s1. The van der Waals surface area contributed by atoms with Crippen molar-refractivity contribution in [2.75, 3.05) is 6.61 Å². The molecule has 8 heteroatoms. The fourth-order valence-corrected chi connectivity index (χ4v) is 1.80. The van der Waals surface area contributed by atoms with E-state index in [2.05, 4.69) is 4.98 Å². The molecule has 1 aliphatic rings. The van der Waals surface area contributed by atoms with Gasteiger partial charge < -0.3 is 20.7 Å². The fourth-order valence-electron chi connectivity index (χ4n) is 1.80. The lowest BCUT2D eigenvalue weighted by molar-refractivity contribution is -0.0465. The van der Waals surface area contributed by atoms with E-state index < -0.39 is 42.3 Å². The Hall–Kier alpha value is -1.48. The molecule has 0 spiro atoms. The summed E-state index contributed by atoms with van der Waals surface area (Å²) in [4.78, 5) is 24.5. The molecule has 2 unspecified atom stereocenters. The fraction of sp³-hybridized carbons (Fsp3) is 0.556. The maximum atomic E-state index is 11.5. The highest BCUT2D eigenvalue weighted by Gasteiger charge is 2.42. The largest absolute Gasteiger partial charge is 0.394 e. The van der Waals surface area contributed by atoms with Crippen LogP contribution < -0.4 is 17.0 Å². The van der Waals surface area contributed by atoms with Gasteiger partial charge in [-0.1, -0.05) is 0 Å². The third kappa shape index (κ3) is 2.03. The van der Waals surface area contributed by atoms with Gasteiger partial charge >= 0.3 is 5.69 Å². The van der Waals surface area contributed by atoms with Crippen LogP contribution in [0.4, 0.5) is 0 Å². The summed E-state index contributed by atoms with van der Waals surface area (Å²) in [5.74, 6) is 0. The van der Waals surface area contributed by atoms with Crippen LogP contribution in [0, 0.1) is 0 Å². The highest BCUT2D eigenvalue weighted by atomic mass is 16.5. The summed E-state index contributed by atoms with van der Waals surface area (Å²) in [6, 6.07) is 0.298. The average Bonchev–Trinajstić information content (AvgIpc) is 2.57. The van der Waals surface area contributed by atoms with E-state index in [9.17, 15) is 14.7 Å². The molecular formula is C9H13N3O5. The van der Waals surface area contributed by atoms with Crippen LogP contribution in [-0.4, -0.2) is 44.6 Å². The Morgan fingerprint density at radius 2 is 2.24 bits per heavy atom. The molecule has 0 amide bonds. The smallest absolute Gasteiger partial charge is 0.330 e. The van der Waals surface area contributed by atoms with Gasteiger partial charge in [0.05, 0.1) is 12.6 Å². The first-order valence-corrected chi connectivity index (χ1v) is 5.06. The molecule has 1 aromatic rings. The lowest BCUT2D eigenvalue weighted by Crippen LogP contribution is -2.42.